The number of carbonyl (C=O) groups excluding carboxylic acids is 1. The summed E-state index contributed by atoms with van der Waals surface area (Å²) in [6, 6.07) is 18.5. The van der Waals surface area contributed by atoms with Gasteiger partial charge < -0.3 is 15.4 Å². The molecular weight excluding hydrogens is 601 g/mol. The number of rotatable bonds is 8. The van der Waals surface area contributed by atoms with Gasteiger partial charge in [0.2, 0.25) is 0 Å². The molecule has 0 unspecified atom stereocenters. The van der Waals surface area contributed by atoms with Gasteiger partial charge in [0.05, 0.1) is 5.69 Å². The van der Waals surface area contributed by atoms with Crippen LogP contribution in [0.15, 0.2) is 78.0 Å². The van der Waals surface area contributed by atoms with E-state index in [1.807, 2.05) is 38.1 Å². The number of aryl methyl sites for hydroxylation is 1. The molecule has 0 fully saturated rings. The third-order valence-electron chi connectivity index (χ3n) is 6.29. The van der Waals surface area contributed by atoms with Crippen LogP contribution < -0.4 is 15.4 Å². The molecule has 8 nitrogen and oxygen atoms in total. The maximum Gasteiger partial charge on any atom is 0.573 e. The highest BCUT2D eigenvalue weighted by atomic mass is 32.2. The third-order valence-corrected chi connectivity index (χ3v) is 7.04. The van der Waals surface area contributed by atoms with Gasteiger partial charge in [-0.3, -0.25) is 0 Å². The first-order valence-corrected chi connectivity index (χ1v) is 15.2. The maximum absolute atomic E-state index is 12.5. The molecule has 0 atom stereocenters. The first-order chi connectivity index (χ1) is 21.5. The predicted molar refractivity (Wildman–Crippen MR) is 173 cm³/mol. The predicted octanol–water partition coefficient (Wildman–Crippen LogP) is 7.94. The summed E-state index contributed by atoms with van der Waals surface area (Å²) in [6.45, 7) is 8.64. The standard InChI is InChI=1S/C33H33F3N6O2S/c1-5-45-32(39-29-20-23(4)9-18-28(29)22(2)3)40-31(43)37-19-7-6-8-24-10-12-25(13-11-24)30-38-21-42(41-30)26-14-16-27(17-15-26)44-33(34,35)36/h9-18,20-22H,5,7,19H2,1-4H3,(H2,37,39,40,43). The quantitative estimate of drug-likeness (QED) is 0.0885. The van der Waals surface area contributed by atoms with Crippen molar-refractivity contribution < 1.29 is 22.7 Å². The Labute approximate surface area is 264 Å². The molecule has 2 amide bonds. The molecule has 1 aromatic heterocycles. The smallest absolute Gasteiger partial charge is 0.406 e. The van der Waals surface area contributed by atoms with E-state index in [0.717, 1.165) is 33.7 Å². The Morgan fingerprint density at radius 2 is 1.82 bits per heavy atom. The van der Waals surface area contributed by atoms with Gasteiger partial charge >= 0.3 is 12.4 Å². The zero-order valence-corrected chi connectivity index (χ0v) is 26.1. The number of ether oxygens (including phenoxy) is 1. The number of halogens is 3. The second-order valence-electron chi connectivity index (χ2n) is 10.1. The zero-order valence-electron chi connectivity index (χ0n) is 25.3. The Morgan fingerprint density at radius 3 is 2.49 bits per heavy atom. The molecule has 4 aromatic rings. The number of nitrogens with zero attached hydrogens (tertiary/aromatic N) is 4. The van der Waals surface area contributed by atoms with Crippen molar-refractivity contribution in [2.24, 2.45) is 4.99 Å². The lowest BCUT2D eigenvalue weighted by Gasteiger charge is -2.16. The molecule has 0 spiro atoms. The fourth-order valence-electron chi connectivity index (χ4n) is 4.18. The first-order valence-electron chi connectivity index (χ1n) is 14.2. The van der Waals surface area contributed by atoms with E-state index in [9.17, 15) is 18.0 Å². The van der Waals surface area contributed by atoms with E-state index in [1.165, 1.54) is 47.0 Å². The van der Waals surface area contributed by atoms with Gasteiger partial charge in [0.25, 0.3) is 0 Å². The largest absolute Gasteiger partial charge is 0.573 e. The third kappa shape index (κ3) is 10.1. The number of alkyl halides is 3. The van der Waals surface area contributed by atoms with Crippen LogP contribution in [0.1, 0.15) is 49.8 Å². The van der Waals surface area contributed by atoms with Crippen LogP contribution in [-0.2, 0) is 0 Å². The van der Waals surface area contributed by atoms with E-state index in [1.54, 1.807) is 0 Å². The molecule has 12 heteroatoms. The SMILES string of the molecule is CCS/C(=N\C(=O)NCCC#Cc1ccc(-c2ncn(-c3ccc(OC(F)(F)F)cc3)n2)cc1)Nc1cc(C)ccc1C(C)C. The van der Waals surface area contributed by atoms with Crippen LogP contribution in [0.25, 0.3) is 17.1 Å². The lowest BCUT2D eigenvalue weighted by Crippen LogP contribution is -2.23. The van der Waals surface area contributed by atoms with Gasteiger partial charge in [-0.05, 0) is 84.3 Å². The minimum atomic E-state index is -4.75. The van der Waals surface area contributed by atoms with E-state index >= 15 is 0 Å². The van der Waals surface area contributed by atoms with Gasteiger partial charge in [0.1, 0.15) is 12.1 Å². The second kappa shape index (κ2) is 15.3. The van der Waals surface area contributed by atoms with Gasteiger partial charge in [-0.1, -0.05) is 56.5 Å². The van der Waals surface area contributed by atoms with Crippen LogP contribution in [0.2, 0.25) is 0 Å². The lowest BCUT2D eigenvalue weighted by molar-refractivity contribution is -0.274. The molecule has 3 aromatic carbocycles. The Hall–Kier alpha value is -4.76. The molecule has 1 heterocycles. The van der Waals surface area contributed by atoms with E-state index < -0.39 is 12.4 Å². The summed E-state index contributed by atoms with van der Waals surface area (Å²) in [5.74, 6) is 7.35. The number of aliphatic imine (C=N–C) groups is 1. The van der Waals surface area contributed by atoms with E-state index in [-0.39, 0.29) is 5.75 Å². The molecule has 0 bridgehead atoms. The normalized spacial score (nSPS) is 11.6. The molecule has 0 aliphatic heterocycles. The van der Waals surface area contributed by atoms with Crippen molar-refractivity contribution in [3.8, 4) is 34.7 Å². The number of amidine groups is 1. The molecular formula is C33H33F3N6O2S. The number of hydrogen-bond donors (Lipinski definition) is 2. The minimum Gasteiger partial charge on any atom is -0.406 e. The van der Waals surface area contributed by atoms with Gasteiger partial charge in [0, 0.05) is 29.8 Å². The van der Waals surface area contributed by atoms with E-state index in [4.69, 9.17) is 0 Å². The number of hydrogen-bond acceptors (Lipinski definition) is 5. The van der Waals surface area contributed by atoms with Crippen molar-refractivity contribution in [3.63, 3.8) is 0 Å². The minimum absolute atomic E-state index is 0.314. The molecule has 0 aliphatic carbocycles. The summed E-state index contributed by atoms with van der Waals surface area (Å²) in [5.41, 5.74) is 5.30. The Morgan fingerprint density at radius 1 is 1.09 bits per heavy atom. The van der Waals surface area contributed by atoms with Crippen LogP contribution in [0, 0.1) is 18.8 Å². The molecule has 2 N–H and O–H groups in total. The van der Waals surface area contributed by atoms with Crippen molar-refractivity contribution >= 4 is 28.6 Å². The van der Waals surface area contributed by atoms with Gasteiger partial charge in [0.15, 0.2) is 11.0 Å². The highest BCUT2D eigenvalue weighted by Gasteiger charge is 2.31. The molecule has 0 saturated carbocycles. The molecule has 4 rings (SSSR count). The number of thioether (sulfide) groups is 1. The van der Waals surface area contributed by atoms with Crippen molar-refractivity contribution in [2.45, 2.75) is 46.4 Å². The summed E-state index contributed by atoms with van der Waals surface area (Å²) in [7, 11) is 0. The number of nitrogens with one attached hydrogen (secondary N) is 2. The number of anilines is 1. The summed E-state index contributed by atoms with van der Waals surface area (Å²) in [6.07, 6.45) is -2.83. The Balaban J connectivity index is 1.29. The van der Waals surface area contributed by atoms with Crippen LogP contribution in [0.4, 0.5) is 23.7 Å². The number of carbonyl (C=O) groups is 1. The molecule has 0 saturated heterocycles. The number of amides is 2. The molecule has 0 aliphatic rings. The number of urea groups is 1. The molecule has 234 valence electrons. The monoisotopic (exact) mass is 634 g/mol. The summed E-state index contributed by atoms with van der Waals surface area (Å²) in [5, 5.41) is 11.1. The first kappa shape index (κ1) is 33.1. The fraction of sp³-hybridized carbons (Fsp3) is 0.273. The zero-order chi connectivity index (χ0) is 32.4. The van der Waals surface area contributed by atoms with Gasteiger partial charge in [-0.2, -0.15) is 4.99 Å². The van der Waals surface area contributed by atoms with Gasteiger partial charge in [-0.15, -0.1) is 18.3 Å². The molecule has 0 radical (unpaired) electrons. The fourth-order valence-corrected chi connectivity index (χ4v) is 4.78. The summed E-state index contributed by atoms with van der Waals surface area (Å²) >= 11 is 1.47. The maximum atomic E-state index is 12.5. The van der Waals surface area contributed by atoms with Gasteiger partial charge in [-0.25, -0.2) is 14.5 Å². The van der Waals surface area contributed by atoms with Crippen molar-refractivity contribution in [1.29, 1.82) is 0 Å². The van der Waals surface area contributed by atoms with Crippen molar-refractivity contribution in [3.05, 3.63) is 89.7 Å². The number of aromatic nitrogens is 3. The Bertz CT molecular complexity index is 1690. The average molecular weight is 635 g/mol. The van der Waals surface area contributed by atoms with Crippen LogP contribution in [0.5, 0.6) is 5.75 Å². The summed E-state index contributed by atoms with van der Waals surface area (Å²) < 4.78 is 42.5. The van der Waals surface area contributed by atoms with Crippen molar-refractivity contribution in [1.82, 2.24) is 20.1 Å². The highest BCUT2D eigenvalue weighted by molar-refractivity contribution is 8.14. The highest BCUT2D eigenvalue weighted by Crippen LogP contribution is 2.27. The van der Waals surface area contributed by atoms with Crippen LogP contribution in [0.3, 0.4) is 0 Å². The number of benzene rings is 3. The van der Waals surface area contributed by atoms with Crippen LogP contribution >= 0.6 is 11.8 Å². The topological polar surface area (TPSA) is 93.4 Å². The second-order valence-corrected chi connectivity index (χ2v) is 11.4. The van der Waals surface area contributed by atoms with Crippen LogP contribution in [-0.4, -0.2) is 44.6 Å². The molecule has 45 heavy (non-hydrogen) atoms. The Kier molecular flexibility index (Phi) is 11.3. The summed E-state index contributed by atoms with van der Waals surface area (Å²) in [4.78, 5) is 21.0. The lowest BCUT2D eigenvalue weighted by atomic mass is 9.99. The van der Waals surface area contributed by atoms with E-state index in [0.29, 0.717) is 35.6 Å². The van der Waals surface area contributed by atoms with E-state index in [2.05, 4.69) is 74.3 Å². The average Bonchev–Trinajstić information content (AvgIpc) is 3.47. The van der Waals surface area contributed by atoms with Crippen molar-refractivity contribution in [2.75, 3.05) is 17.6 Å².